The van der Waals surface area contributed by atoms with Crippen LogP contribution in [0.15, 0.2) is 35.5 Å². The molecular weight excluding hydrogens is 453 g/mol. The normalized spacial score (nSPS) is 16.8. The van der Waals surface area contributed by atoms with Gasteiger partial charge in [-0.1, -0.05) is 29.4 Å². The van der Waals surface area contributed by atoms with E-state index in [1.807, 2.05) is 32.6 Å². The fourth-order valence-corrected chi connectivity index (χ4v) is 4.33. The first kappa shape index (κ1) is 24.3. The van der Waals surface area contributed by atoms with Crippen molar-refractivity contribution in [2.75, 3.05) is 30.3 Å². The number of halogens is 2. The van der Waals surface area contributed by atoms with E-state index in [1.54, 1.807) is 17.0 Å². The highest BCUT2D eigenvalue weighted by molar-refractivity contribution is 7.99. The van der Waals surface area contributed by atoms with Crippen LogP contribution in [0.3, 0.4) is 0 Å². The van der Waals surface area contributed by atoms with E-state index >= 15 is 0 Å². The lowest BCUT2D eigenvalue weighted by atomic mass is 10.1. The smallest absolute Gasteiger partial charge is 0.254 e. The summed E-state index contributed by atoms with van der Waals surface area (Å²) in [7, 11) is 0. The van der Waals surface area contributed by atoms with E-state index in [4.69, 9.17) is 11.6 Å². The number of anilines is 1. The lowest BCUT2D eigenvalue weighted by molar-refractivity contribution is -0.119. The standard InChI is InChI=1S/C22H27ClFN5O2S/c1-14-12-28(8-9-29(14)20(31)15-6-5-7-16(24)10-15)18-11-17(23)25-21(26-18)32-13-19(30)27-22(2,3)4/h5-7,10-11,14H,8-9,12-13H2,1-4H3,(H,27,30). The topological polar surface area (TPSA) is 78.4 Å². The number of hydrogen-bond acceptors (Lipinski definition) is 6. The Balaban J connectivity index is 1.65. The first-order valence-corrected chi connectivity index (χ1v) is 11.7. The predicted molar refractivity (Wildman–Crippen MR) is 125 cm³/mol. The van der Waals surface area contributed by atoms with Gasteiger partial charge < -0.3 is 15.1 Å². The zero-order valence-corrected chi connectivity index (χ0v) is 20.1. The lowest BCUT2D eigenvalue weighted by Crippen LogP contribution is -2.54. The van der Waals surface area contributed by atoms with E-state index in [1.165, 1.54) is 30.0 Å². The molecule has 7 nitrogen and oxygen atoms in total. The molecule has 0 saturated carbocycles. The summed E-state index contributed by atoms with van der Waals surface area (Å²) in [6.45, 7) is 9.26. The number of nitrogens with zero attached hydrogens (tertiary/aromatic N) is 4. The van der Waals surface area contributed by atoms with Crippen LogP contribution in [0.4, 0.5) is 10.2 Å². The Labute approximate surface area is 196 Å². The number of benzene rings is 1. The third kappa shape index (κ3) is 6.56. The fourth-order valence-electron chi connectivity index (χ4n) is 3.45. The number of piperazine rings is 1. The van der Waals surface area contributed by atoms with Crippen LogP contribution in [-0.4, -0.2) is 63.7 Å². The molecule has 0 bridgehead atoms. The van der Waals surface area contributed by atoms with Crippen molar-refractivity contribution in [3.8, 4) is 0 Å². The Hall–Kier alpha value is -2.39. The van der Waals surface area contributed by atoms with Crippen molar-refractivity contribution in [2.45, 2.75) is 44.4 Å². The minimum absolute atomic E-state index is 0.106. The second-order valence-corrected chi connectivity index (χ2v) is 10.1. The number of nitrogens with one attached hydrogen (secondary N) is 1. The second-order valence-electron chi connectivity index (χ2n) is 8.72. The van der Waals surface area contributed by atoms with Gasteiger partial charge in [-0.15, -0.1) is 0 Å². The number of amides is 2. The Kier molecular flexibility index (Phi) is 7.61. The molecule has 1 saturated heterocycles. The maximum atomic E-state index is 13.5. The van der Waals surface area contributed by atoms with Gasteiger partial charge in [0, 0.05) is 42.8 Å². The first-order valence-electron chi connectivity index (χ1n) is 10.3. The zero-order chi connectivity index (χ0) is 23.5. The van der Waals surface area contributed by atoms with Crippen molar-refractivity contribution in [3.05, 3.63) is 46.9 Å². The van der Waals surface area contributed by atoms with E-state index in [-0.39, 0.29) is 29.1 Å². The molecule has 0 radical (unpaired) electrons. The fraction of sp³-hybridized carbons (Fsp3) is 0.455. The molecule has 1 N–H and O–H groups in total. The van der Waals surface area contributed by atoms with Gasteiger partial charge in [0.25, 0.3) is 5.91 Å². The maximum absolute atomic E-state index is 13.5. The van der Waals surface area contributed by atoms with Crippen LogP contribution in [0.1, 0.15) is 38.1 Å². The Morgan fingerprint density at radius 3 is 2.66 bits per heavy atom. The summed E-state index contributed by atoms with van der Waals surface area (Å²) in [5.41, 5.74) is 0.0270. The summed E-state index contributed by atoms with van der Waals surface area (Å²) in [4.78, 5) is 37.5. The number of thioether (sulfide) groups is 1. The summed E-state index contributed by atoms with van der Waals surface area (Å²) >= 11 is 7.43. The number of rotatable bonds is 5. The van der Waals surface area contributed by atoms with E-state index in [9.17, 15) is 14.0 Å². The average molecular weight is 480 g/mol. The average Bonchev–Trinajstić information content (AvgIpc) is 2.70. The SMILES string of the molecule is CC1CN(c2cc(Cl)nc(SCC(=O)NC(C)(C)C)n2)CCN1C(=O)c1cccc(F)c1. The summed E-state index contributed by atoms with van der Waals surface area (Å²) < 4.78 is 13.5. The van der Waals surface area contributed by atoms with Crippen LogP contribution in [0.5, 0.6) is 0 Å². The molecule has 1 unspecified atom stereocenters. The quantitative estimate of drug-likeness (QED) is 0.401. The minimum Gasteiger partial charge on any atom is -0.353 e. The molecule has 1 aliphatic heterocycles. The van der Waals surface area contributed by atoms with Gasteiger partial charge in [-0.25, -0.2) is 14.4 Å². The number of carbonyl (C=O) groups is 2. The molecule has 2 aromatic rings. The minimum atomic E-state index is -0.432. The Morgan fingerprint density at radius 2 is 2.00 bits per heavy atom. The van der Waals surface area contributed by atoms with Crippen LogP contribution < -0.4 is 10.2 Å². The van der Waals surface area contributed by atoms with Gasteiger partial charge in [0.2, 0.25) is 5.91 Å². The van der Waals surface area contributed by atoms with Crippen LogP contribution in [-0.2, 0) is 4.79 Å². The van der Waals surface area contributed by atoms with E-state index in [0.29, 0.717) is 41.3 Å². The number of aromatic nitrogens is 2. The molecule has 1 aromatic heterocycles. The molecule has 3 rings (SSSR count). The third-order valence-electron chi connectivity index (χ3n) is 4.79. The van der Waals surface area contributed by atoms with Crippen molar-refractivity contribution in [2.24, 2.45) is 0 Å². The number of carbonyl (C=O) groups excluding carboxylic acids is 2. The monoisotopic (exact) mass is 479 g/mol. The van der Waals surface area contributed by atoms with Crippen LogP contribution >= 0.6 is 23.4 Å². The molecule has 172 valence electrons. The van der Waals surface area contributed by atoms with Gasteiger partial charge in [0.05, 0.1) is 5.75 Å². The predicted octanol–water partition coefficient (Wildman–Crippen LogP) is 3.63. The highest BCUT2D eigenvalue weighted by atomic mass is 35.5. The van der Waals surface area contributed by atoms with E-state index in [0.717, 1.165) is 0 Å². The molecule has 10 heteroatoms. The van der Waals surface area contributed by atoms with Crippen LogP contribution in [0.2, 0.25) is 5.15 Å². The van der Waals surface area contributed by atoms with Crippen molar-refractivity contribution < 1.29 is 14.0 Å². The summed E-state index contributed by atoms with van der Waals surface area (Å²) in [5.74, 6) is 0.0974. The van der Waals surface area contributed by atoms with Gasteiger partial charge in [-0.05, 0) is 45.9 Å². The van der Waals surface area contributed by atoms with Crippen molar-refractivity contribution in [1.29, 1.82) is 0 Å². The van der Waals surface area contributed by atoms with Crippen LogP contribution in [0, 0.1) is 5.82 Å². The van der Waals surface area contributed by atoms with Crippen molar-refractivity contribution in [3.63, 3.8) is 0 Å². The lowest BCUT2D eigenvalue weighted by Gasteiger charge is -2.40. The third-order valence-corrected chi connectivity index (χ3v) is 5.83. The van der Waals surface area contributed by atoms with Gasteiger partial charge in [0.15, 0.2) is 5.16 Å². The molecule has 2 heterocycles. The molecule has 1 fully saturated rings. The Bertz CT molecular complexity index is 1000. The van der Waals surface area contributed by atoms with Gasteiger partial charge >= 0.3 is 0 Å². The molecule has 1 aromatic carbocycles. The maximum Gasteiger partial charge on any atom is 0.254 e. The summed E-state index contributed by atoms with van der Waals surface area (Å²) in [6, 6.07) is 7.30. The molecule has 0 aliphatic carbocycles. The van der Waals surface area contributed by atoms with Gasteiger partial charge in [-0.2, -0.15) is 0 Å². The molecule has 32 heavy (non-hydrogen) atoms. The van der Waals surface area contributed by atoms with Gasteiger partial charge in [-0.3, -0.25) is 9.59 Å². The zero-order valence-electron chi connectivity index (χ0n) is 18.6. The van der Waals surface area contributed by atoms with Gasteiger partial charge in [0.1, 0.15) is 16.8 Å². The summed E-state index contributed by atoms with van der Waals surface area (Å²) in [6.07, 6.45) is 0. The van der Waals surface area contributed by atoms with Crippen molar-refractivity contribution in [1.82, 2.24) is 20.2 Å². The van der Waals surface area contributed by atoms with E-state index in [2.05, 4.69) is 15.3 Å². The summed E-state index contributed by atoms with van der Waals surface area (Å²) in [5, 5.41) is 3.61. The molecular formula is C22H27ClFN5O2S. The highest BCUT2D eigenvalue weighted by Crippen LogP contribution is 2.25. The largest absolute Gasteiger partial charge is 0.353 e. The highest BCUT2D eigenvalue weighted by Gasteiger charge is 2.29. The Morgan fingerprint density at radius 1 is 1.25 bits per heavy atom. The van der Waals surface area contributed by atoms with E-state index < -0.39 is 5.82 Å². The first-order chi connectivity index (χ1) is 15.0. The molecule has 1 atom stereocenters. The molecule has 1 aliphatic rings. The second kappa shape index (κ2) is 10.0. The number of hydrogen-bond donors (Lipinski definition) is 1. The van der Waals surface area contributed by atoms with Crippen LogP contribution in [0.25, 0.3) is 0 Å². The molecule has 0 spiro atoms. The van der Waals surface area contributed by atoms with Crippen molar-refractivity contribution >= 4 is 41.0 Å². The molecule has 2 amide bonds.